The fourth-order valence-electron chi connectivity index (χ4n) is 2.83. The molecule has 0 radical (unpaired) electrons. The minimum absolute atomic E-state index is 0.354. The van der Waals surface area contributed by atoms with Gasteiger partial charge in [-0.2, -0.15) is 0 Å². The molecule has 0 fully saturated rings. The lowest BCUT2D eigenvalue weighted by Crippen LogP contribution is -2.43. The first-order valence-corrected chi connectivity index (χ1v) is 14.1. The van der Waals surface area contributed by atoms with Crippen LogP contribution in [0.5, 0.6) is 0 Å². The molecule has 156 valence electrons. The highest BCUT2D eigenvalue weighted by molar-refractivity contribution is 8.26. The largest absolute Gasteiger partial charge is 0.573 e. The molecule has 0 unspecified atom stereocenters. The van der Waals surface area contributed by atoms with Gasteiger partial charge in [0.15, 0.2) is 0 Å². The van der Waals surface area contributed by atoms with Crippen molar-refractivity contribution < 1.29 is 18.1 Å². The third kappa shape index (κ3) is 14.2. The van der Waals surface area contributed by atoms with Crippen LogP contribution in [0.2, 0.25) is 0 Å². The zero-order valence-corrected chi connectivity index (χ0v) is 19.5. The predicted octanol–water partition coefficient (Wildman–Crippen LogP) is 6.14. The molecule has 0 aliphatic carbocycles. The molecule has 0 aromatic rings. The lowest BCUT2D eigenvalue weighted by atomic mass is 10.1. The minimum atomic E-state index is -2.66. The molecule has 0 atom stereocenters. The third-order valence-electron chi connectivity index (χ3n) is 4.18. The maximum absolute atomic E-state index is 12.1. The molecule has 0 aliphatic rings. The first-order chi connectivity index (χ1) is 12.6. The van der Waals surface area contributed by atoms with E-state index in [2.05, 4.69) is 6.92 Å². The van der Waals surface area contributed by atoms with Crippen LogP contribution in [0.15, 0.2) is 0 Å². The topological polar surface area (TPSA) is 44.8 Å². The van der Waals surface area contributed by atoms with Gasteiger partial charge in [0, 0.05) is 38.4 Å². The molecule has 0 heterocycles. The van der Waals surface area contributed by atoms with Crippen LogP contribution in [0.3, 0.4) is 0 Å². The van der Waals surface area contributed by atoms with Gasteiger partial charge in [0.25, 0.3) is 0 Å². The number of hydrogen-bond donors (Lipinski definition) is 0. The molecule has 0 rings (SSSR count). The summed E-state index contributed by atoms with van der Waals surface area (Å²) in [5.74, 6) is 1.08. The molecule has 0 aliphatic heterocycles. The Morgan fingerprint density at radius 3 is 1.62 bits per heavy atom. The molecule has 0 saturated heterocycles. The van der Waals surface area contributed by atoms with Gasteiger partial charge in [0.05, 0.1) is 0 Å². The number of hydrogen-bond acceptors (Lipinski definition) is 5. The first-order valence-electron chi connectivity index (χ1n) is 10.7. The summed E-state index contributed by atoms with van der Waals surface area (Å²) in [5.41, 5.74) is 0. The van der Waals surface area contributed by atoms with Gasteiger partial charge in [-0.15, -0.1) is 0 Å². The van der Waals surface area contributed by atoms with Crippen molar-refractivity contribution in [3.8, 4) is 0 Å². The quantitative estimate of drug-likeness (QED) is 0.179. The Morgan fingerprint density at radius 1 is 0.692 bits per heavy atom. The Balaban J connectivity index is 3.79. The second-order valence-electron chi connectivity index (χ2n) is 6.51. The Hall–Kier alpha value is 0.117. The lowest BCUT2D eigenvalue weighted by molar-refractivity contribution is -0.118. The summed E-state index contributed by atoms with van der Waals surface area (Å²) >= 11 is 1.58. The van der Waals surface area contributed by atoms with Crippen LogP contribution in [0, 0.1) is 0 Å². The monoisotopic (exact) mass is 406 g/mol. The highest BCUT2D eigenvalue weighted by atomic mass is 32.4. The van der Waals surface area contributed by atoms with Gasteiger partial charge >= 0.3 is 7.95 Å². The van der Waals surface area contributed by atoms with Crippen LogP contribution >= 0.6 is 11.2 Å². The van der Waals surface area contributed by atoms with Crippen molar-refractivity contribution in [3.63, 3.8) is 0 Å². The lowest BCUT2D eigenvalue weighted by Gasteiger charge is -2.27. The molecule has 0 N–H and O–H groups in total. The summed E-state index contributed by atoms with van der Waals surface area (Å²) in [6, 6.07) is 0. The van der Waals surface area contributed by atoms with E-state index in [0.29, 0.717) is 38.4 Å². The normalized spacial score (nSPS) is 11.8. The highest BCUT2D eigenvalue weighted by Crippen LogP contribution is 2.26. The number of carbonyl (C=O) groups excluding carboxylic acids is 1. The second-order valence-corrected chi connectivity index (χ2v) is 11.4. The van der Waals surface area contributed by atoms with Crippen LogP contribution in [0.1, 0.15) is 98.3 Å². The van der Waals surface area contributed by atoms with E-state index < -0.39 is 7.95 Å². The average Bonchev–Trinajstić information content (AvgIpc) is 2.61. The Morgan fingerprint density at radius 2 is 1.15 bits per heavy atom. The van der Waals surface area contributed by atoms with Crippen LogP contribution < -0.4 is 0 Å². The maximum Gasteiger partial charge on any atom is 0.573 e. The van der Waals surface area contributed by atoms with E-state index in [1.807, 2.05) is 20.8 Å². The summed E-state index contributed by atoms with van der Waals surface area (Å²) in [7, 11) is -2.66. The smallest absolute Gasteiger partial charge is 0.366 e. The number of Topliss-reactive ketones (excluding diaryl/α,β-unsaturated/α-hetero) is 1. The summed E-state index contributed by atoms with van der Waals surface area (Å²) in [6.07, 6.45) is 12.9. The van der Waals surface area contributed by atoms with E-state index in [9.17, 15) is 4.79 Å². The van der Waals surface area contributed by atoms with Crippen molar-refractivity contribution in [1.82, 2.24) is 0 Å². The summed E-state index contributed by atoms with van der Waals surface area (Å²) in [6.45, 7) is 9.84. The van der Waals surface area contributed by atoms with E-state index in [1.54, 1.807) is 11.2 Å². The summed E-state index contributed by atoms with van der Waals surface area (Å²) < 4.78 is 17.4. The number of carbonyl (C=O) groups is 1. The average molecular weight is 407 g/mol. The van der Waals surface area contributed by atoms with Crippen molar-refractivity contribution in [2.45, 2.75) is 98.3 Å². The molecule has 0 spiro atoms. The van der Waals surface area contributed by atoms with Crippen LogP contribution in [0.4, 0.5) is 0 Å². The highest BCUT2D eigenvalue weighted by Gasteiger charge is 2.41. The van der Waals surface area contributed by atoms with Gasteiger partial charge in [-0.05, 0) is 27.2 Å². The van der Waals surface area contributed by atoms with Gasteiger partial charge in [-0.1, -0.05) is 69.5 Å². The van der Waals surface area contributed by atoms with Gasteiger partial charge in [-0.25, -0.2) is 0 Å². The molecule has 0 bridgehead atoms. The second kappa shape index (κ2) is 18.5. The molecule has 6 heteroatoms. The molecule has 0 aromatic carbocycles. The molecular weight excluding hydrogens is 364 g/mol. The molecule has 0 saturated carbocycles. The maximum atomic E-state index is 12.1. The number of rotatable bonds is 20. The SMILES string of the molecule is CCCCCCCCCCCC(=O)CCS[Si](OCC)(OCC)OCC. The van der Waals surface area contributed by atoms with E-state index in [-0.39, 0.29) is 0 Å². The van der Waals surface area contributed by atoms with E-state index in [4.69, 9.17) is 13.3 Å². The fourth-order valence-corrected chi connectivity index (χ4v) is 7.84. The molecule has 0 amide bonds. The van der Waals surface area contributed by atoms with Gasteiger partial charge in [-0.3, -0.25) is 4.79 Å². The molecule has 26 heavy (non-hydrogen) atoms. The van der Waals surface area contributed by atoms with Crippen LogP contribution in [0.25, 0.3) is 0 Å². The molecular formula is C20H42O4SSi. The molecule has 0 aromatic heterocycles. The zero-order chi connectivity index (χ0) is 19.5. The van der Waals surface area contributed by atoms with Crippen molar-refractivity contribution in [3.05, 3.63) is 0 Å². The first kappa shape index (κ1) is 26.1. The van der Waals surface area contributed by atoms with E-state index >= 15 is 0 Å². The minimum Gasteiger partial charge on any atom is -0.366 e. The van der Waals surface area contributed by atoms with Crippen molar-refractivity contribution >= 4 is 24.9 Å². The number of unbranched alkanes of at least 4 members (excludes halogenated alkanes) is 8. The van der Waals surface area contributed by atoms with E-state index in [0.717, 1.165) is 12.2 Å². The van der Waals surface area contributed by atoms with Crippen molar-refractivity contribution in [2.24, 2.45) is 0 Å². The van der Waals surface area contributed by atoms with Crippen LogP contribution in [-0.4, -0.2) is 39.3 Å². The van der Waals surface area contributed by atoms with Crippen molar-refractivity contribution in [2.75, 3.05) is 25.6 Å². The Labute approximate surface area is 167 Å². The van der Waals surface area contributed by atoms with Crippen molar-refractivity contribution in [1.29, 1.82) is 0 Å². The number of ketones is 1. The Kier molecular flexibility index (Phi) is 18.6. The van der Waals surface area contributed by atoms with Gasteiger partial charge in [0.1, 0.15) is 5.78 Å². The third-order valence-corrected chi connectivity index (χ3v) is 9.60. The summed E-state index contributed by atoms with van der Waals surface area (Å²) in [4.78, 5) is 12.1. The Bertz CT molecular complexity index is 312. The zero-order valence-electron chi connectivity index (χ0n) is 17.6. The fraction of sp³-hybridized carbons (Fsp3) is 0.950. The van der Waals surface area contributed by atoms with Crippen LogP contribution in [-0.2, 0) is 18.1 Å². The standard InChI is InChI=1S/C20H42O4SSi/c1-5-9-10-11-12-13-14-15-16-17-20(21)18-19-25-26(22-6-2,23-7-3)24-8-4/h5-19H2,1-4H3. The van der Waals surface area contributed by atoms with Gasteiger partial charge in [0.2, 0.25) is 0 Å². The predicted molar refractivity (Wildman–Crippen MR) is 115 cm³/mol. The summed E-state index contributed by atoms with van der Waals surface area (Å²) in [5, 5.41) is 0. The molecule has 4 nitrogen and oxygen atoms in total. The van der Waals surface area contributed by atoms with E-state index in [1.165, 1.54) is 51.4 Å². The van der Waals surface area contributed by atoms with Gasteiger partial charge < -0.3 is 13.3 Å².